The van der Waals surface area contributed by atoms with Gasteiger partial charge in [0.15, 0.2) is 0 Å². The lowest BCUT2D eigenvalue weighted by atomic mass is 10.1. The molecule has 0 amide bonds. The summed E-state index contributed by atoms with van der Waals surface area (Å²) in [7, 11) is 1.66. The number of benzene rings is 1. The van der Waals surface area contributed by atoms with Crippen molar-refractivity contribution in [3.05, 3.63) is 29.8 Å². The van der Waals surface area contributed by atoms with E-state index < -0.39 is 0 Å². The lowest BCUT2D eigenvalue weighted by Gasteiger charge is -2.19. The summed E-state index contributed by atoms with van der Waals surface area (Å²) in [5, 5.41) is 0. The van der Waals surface area contributed by atoms with Crippen LogP contribution < -0.4 is 10.5 Å². The van der Waals surface area contributed by atoms with Crippen LogP contribution in [-0.4, -0.2) is 33.5 Å². The van der Waals surface area contributed by atoms with Crippen LogP contribution >= 0.6 is 0 Å². The fraction of sp³-hybridized carbons (Fsp3) is 0.571. The maximum Gasteiger partial charge on any atom is 0.119 e. The number of nitrogens with two attached hydrogens (primary N) is 1. The highest BCUT2D eigenvalue weighted by atomic mass is 16.5. The van der Waals surface area contributed by atoms with Crippen LogP contribution in [0.2, 0.25) is 0 Å². The molecule has 1 saturated heterocycles. The monoisotopic (exact) mass is 251 g/mol. The van der Waals surface area contributed by atoms with Gasteiger partial charge in [-0.15, -0.1) is 0 Å². The van der Waals surface area contributed by atoms with E-state index in [1.54, 1.807) is 7.11 Å². The molecule has 0 radical (unpaired) electrons. The minimum Gasteiger partial charge on any atom is -0.497 e. The Kier molecular flexibility index (Phi) is 4.99. The minimum atomic E-state index is -0.0688. The second-order valence-electron chi connectivity index (χ2n) is 4.56. The molecule has 18 heavy (non-hydrogen) atoms. The molecule has 1 aliphatic rings. The van der Waals surface area contributed by atoms with Gasteiger partial charge < -0.3 is 19.9 Å². The molecule has 2 rings (SSSR count). The van der Waals surface area contributed by atoms with Crippen LogP contribution in [0.15, 0.2) is 24.3 Å². The van der Waals surface area contributed by atoms with Gasteiger partial charge in [0.2, 0.25) is 0 Å². The molecule has 100 valence electrons. The average Bonchev–Trinajstić information content (AvgIpc) is 2.93. The summed E-state index contributed by atoms with van der Waals surface area (Å²) >= 11 is 0. The third kappa shape index (κ3) is 3.45. The summed E-state index contributed by atoms with van der Waals surface area (Å²) in [4.78, 5) is 0. The number of ether oxygens (including phenoxy) is 3. The largest absolute Gasteiger partial charge is 0.497 e. The van der Waals surface area contributed by atoms with Crippen molar-refractivity contribution in [3.8, 4) is 5.75 Å². The summed E-state index contributed by atoms with van der Waals surface area (Å²) < 4.78 is 16.4. The summed E-state index contributed by atoms with van der Waals surface area (Å²) in [6, 6.07) is 7.87. The van der Waals surface area contributed by atoms with Crippen molar-refractivity contribution in [1.29, 1.82) is 0 Å². The molecule has 1 aromatic carbocycles. The second-order valence-corrected chi connectivity index (χ2v) is 4.56. The van der Waals surface area contributed by atoms with Crippen LogP contribution in [0.1, 0.15) is 18.1 Å². The van der Waals surface area contributed by atoms with E-state index in [-0.39, 0.29) is 6.10 Å². The van der Waals surface area contributed by atoms with Gasteiger partial charge in [-0.1, -0.05) is 12.1 Å². The van der Waals surface area contributed by atoms with Crippen LogP contribution in [0.5, 0.6) is 5.75 Å². The van der Waals surface area contributed by atoms with Crippen molar-refractivity contribution < 1.29 is 14.2 Å². The molecule has 0 aliphatic carbocycles. The molecule has 0 bridgehead atoms. The van der Waals surface area contributed by atoms with Crippen molar-refractivity contribution in [2.75, 3.05) is 33.5 Å². The molecule has 1 fully saturated rings. The molecule has 1 heterocycles. The molecule has 4 heteroatoms. The molecule has 1 aliphatic heterocycles. The molecular formula is C14H21NO3. The molecule has 1 aromatic rings. The summed E-state index contributed by atoms with van der Waals surface area (Å²) in [6.07, 6.45) is 1.01. The summed E-state index contributed by atoms with van der Waals surface area (Å²) in [6.45, 7) is 2.83. The smallest absolute Gasteiger partial charge is 0.119 e. The zero-order chi connectivity index (χ0) is 12.8. The molecule has 2 N–H and O–H groups in total. The first-order valence-electron chi connectivity index (χ1n) is 6.37. The van der Waals surface area contributed by atoms with Crippen LogP contribution in [-0.2, 0) is 9.47 Å². The minimum absolute atomic E-state index is 0.0688. The van der Waals surface area contributed by atoms with Gasteiger partial charge in [-0.2, -0.15) is 0 Å². The molecule has 2 unspecified atom stereocenters. The van der Waals surface area contributed by atoms with E-state index >= 15 is 0 Å². The third-order valence-corrected chi connectivity index (χ3v) is 3.24. The van der Waals surface area contributed by atoms with Gasteiger partial charge >= 0.3 is 0 Å². The fourth-order valence-electron chi connectivity index (χ4n) is 2.11. The van der Waals surface area contributed by atoms with Gasteiger partial charge in [0.25, 0.3) is 0 Å². The number of methoxy groups -OCH3 is 1. The van der Waals surface area contributed by atoms with Crippen molar-refractivity contribution >= 4 is 0 Å². The SMILES string of the molecule is COc1cccc(C(CN)OCC2CCOC2)c1. The zero-order valence-corrected chi connectivity index (χ0v) is 10.8. The van der Waals surface area contributed by atoms with Crippen LogP contribution in [0.25, 0.3) is 0 Å². The number of rotatable bonds is 6. The van der Waals surface area contributed by atoms with Crippen molar-refractivity contribution in [1.82, 2.24) is 0 Å². The van der Waals surface area contributed by atoms with Gasteiger partial charge in [-0.3, -0.25) is 0 Å². The average molecular weight is 251 g/mol. The van der Waals surface area contributed by atoms with E-state index in [4.69, 9.17) is 19.9 Å². The summed E-state index contributed by atoms with van der Waals surface area (Å²) in [5.74, 6) is 1.34. The Labute approximate surface area is 108 Å². The van der Waals surface area contributed by atoms with Gasteiger partial charge in [-0.25, -0.2) is 0 Å². The maximum atomic E-state index is 5.90. The number of hydrogen-bond acceptors (Lipinski definition) is 4. The normalized spacial score (nSPS) is 20.9. The highest BCUT2D eigenvalue weighted by Crippen LogP contribution is 2.23. The van der Waals surface area contributed by atoms with E-state index in [2.05, 4.69) is 0 Å². The molecule has 0 spiro atoms. The van der Waals surface area contributed by atoms with Gasteiger partial charge in [0.05, 0.1) is 26.4 Å². The lowest BCUT2D eigenvalue weighted by molar-refractivity contribution is 0.0301. The molecule has 0 aromatic heterocycles. The highest BCUT2D eigenvalue weighted by molar-refractivity contribution is 5.30. The third-order valence-electron chi connectivity index (χ3n) is 3.24. The fourth-order valence-corrected chi connectivity index (χ4v) is 2.11. The molecule has 2 atom stereocenters. The van der Waals surface area contributed by atoms with Crippen molar-refractivity contribution in [2.45, 2.75) is 12.5 Å². The van der Waals surface area contributed by atoms with Gasteiger partial charge in [0.1, 0.15) is 5.75 Å². The predicted molar refractivity (Wildman–Crippen MR) is 69.7 cm³/mol. The topological polar surface area (TPSA) is 53.7 Å². The van der Waals surface area contributed by atoms with E-state index in [0.717, 1.165) is 30.9 Å². The van der Waals surface area contributed by atoms with E-state index in [9.17, 15) is 0 Å². The second kappa shape index (κ2) is 6.73. The van der Waals surface area contributed by atoms with Gasteiger partial charge in [0, 0.05) is 19.1 Å². The lowest BCUT2D eigenvalue weighted by Crippen LogP contribution is -2.20. The highest BCUT2D eigenvalue weighted by Gasteiger charge is 2.18. The Morgan fingerprint density at radius 1 is 1.50 bits per heavy atom. The van der Waals surface area contributed by atoms with Crippen LogP contribution in [0, 0.1) is 5.92 Å². The predicted octanol–water partition coefficient (Wildman–Crippen LogP) is 1.75. The van der Waals surface area contributed by atoms with E-state index in [0.29, 0.717) is 19.1 Å². The first-order valence-corrected chi connectivity index (χ1v) is 6.37. The first-order chi connectivity index (χ1) is 8.83. The maximum absolute atomic E-state index is 5.90. The Hall–Kier alpha value is -1.10. The summed E-state index contributed by atoms with van der Waals surface area (Å²) in [5.41, 5.74) is 6.85. The first kappa shape index (κ1) is 13.3. The van der Waals surface area contributed by atoms with E-state index in [1.165, 1.54) is 0 Å². The Morgan fingerprint density at radius 2 is 2.39 bits per heavy atom. The van der Waals surface area contributed by atoms with Crippen LogP contribution in [0.3, 0.4) is 0 Å². The quantitative estimate of drug-likeness (QED) is 0.837. The van der Waals surface area contributed by atoms with Gasteiger partial charge in [-0.05, 0) is 24.1 Å². The Bertz CT molecular complexity index is 364. The Morgan fingerprint density at radius 3 is 3.06 bits per heavy atom. The van der Waals surface area contributed by atoms with Crippen molar-refractivity contribution in [2.24, 2.45) is 11.7 Å². The number of hydrogen-bond donors (Lipinski definition) is 1. The standard InChI is InChI=1S/C14H21NO3/c1-16-13-4-2-3-12(7-13)14(8-15)18-10-11-5-6-17-9-11/h2-4,7,11,14H,5-6,8-10,15H2,1H3. The molecule has 0 saturated carbocycles. The van der Waals surface area contributed by atoms with Crippen LogP contribution in [0.4, 0.5) is 0 Å². The Balaban J connectivity index is 1.93. The zero-order valence-electron chi connectivity index (χ0n) is 10.8. The van der Waals surface area contributed by atoms with E-state index in [1.807, 2.05) is 24.3 Å². The molecule has 4 nitrogen and oxygen atoms in total. The van der Waals surface area contributed by atoms with Crippen molar-refractivity contribution in [3.63, 3.8) is 0 Å². The molecular weight excluding hydrogens is 230 g/mol.